The third-order valence-electron chi connectivity index (χ3n) is 2.39. The fraction of sp³-hybridized carbons (Fsp3) is 0.727. The number of esters is 1. The van der Waals surface area contributed by atoms with Crippen LogP contribution in [-0.2, 0) is 9.53 Å². The summed E-state index contributed by atoms with van der Waals surface area (Å²) in [6, 6.07) is 0. The van der Waals surface area contributed by atoms with E-state index in [-0.39, 0.29) is 17.8 Å². The lowest BCUT2D eigenvalue weighted by Crippen LogP contribution is -2.23. The van der Waals surface area contributed by atoms with Gasteiger partial charge in [-0.25, -0.2) is 0 Å². The van der Waals surface area contributed by atoms with Crippen molar-refractivity contribution in [1.82, 2.24) is 0 Å². The molecule has 0 rings (SSSR count). The third-order valence-corrected chi connectivity index (χ3v) is 2.39. The molecule has 0 saturated heterocycles. The molecule has 82 valence electrons. The Bertz CT molecular complexity index is 189. The van der Waals surface area contributed by atoms with Crippen LogP contribution < -0.4 is 0 Å². The fourth-order valence-corrected chi connectivity index (χ4v) is 1.42. The largest absolute Gasteiger partial charge is 0.469 e. The van der Waals surface area contributed by atoms with Crippen molar-refractivity contribution >= 4 is 5.97 Å². The predicted molar refractivity (Wildman–Crippen MR) is 55.8 cm³/mol. The molecule has 0 aromatic rings. The maximum Gasteiger partial charge on any atom is 0.308 e. The summed E-state index contributed by atoms with van der Waals surface area (Å²) in [7, 11) is 1.38. The van der Waals surface area contributed by atoms with E-state index in [0.29, 0.717) is 12.8 Å². The van der Waals surface area contributed by atoms with Crippen LogP contribution in [0.1, 0.15) is 26.7 Å². The molecule has 0 spiro atoms. The van der Waals surface area contributed by atoms with Gasteiger partial charge in [0.05, 0.1) is 19.1 Å². The Morgan fingerprint density at radius 2 is 2.14 bits per heavy atom. The number of hydrogen-bond acceptors (Lipinski definition) is 3. The molecular formula is C11H20O3. The summed E-state index contributed by atoms with van der Waals surface area (Å²) in [5.41, 5.74) is 0. The molecule has 0 aromatic carbocycles. The molecule has 3 nitrogen and oxygen atoms in total. The minimum atomic E-state index is -0.417. The summed E-state index contributed by atoms with van der Waals surface area (Å²) >= 11 is 0. The minimum Gasteiger partial charge on any atom is -0.469 e. The molecule has 0 aliphatic heterocycles. The summed E-state index contributed by atoms with van der Waals surface area (Å²) < 4.78 is 4.61. The molecule has 0 fully saturated rings. The van der Waals surface area contributed by atoms with Gasteiger partial charge in [0, 0.05) is 0 Å². The van der Waals surface area contributed by atoms with Crippen molar-refractivity contribution in [3.63, 3.8) is 0 Å². The lowest BCUT2D eigenvalue weighted by atomic mass is 9.91. The van der Waals surface area contributed by atoms with Gasteiger partial charge in [-0.3, -0.25) is 4.79 Å². The zero-order valence-electron chi connectivity index (χ0n) is 9.19. The van der Waals surface area contributed by atoms with Crippen molar-refractivity contribution in [3.05, 3.63) is 12.7 Å². The van der Waals surface area contributed by atoms with Gasteiger partial charge < -0.3 is 9.84 Å². The van der Waals surface area contributed by atoms with Crippen molar-refractivity contribution in [2.24, 2.45) is 11.8 Å². The first-order valence-electron chi connectivity index (χ1n) is 4.89. The van der Waals surface area contributed by atoms with E-state index in [1.54, 1.807) is 6.08 Å². The van der Waals surface area contributed by atoms with E-state index >= 15 is 0 Å². The van der Waals surface area contributed by atoms with Gasteiger partial charge in [-0.15, -0.1) is 6.58 Å². The van der Waals surface area contributed by atoms with Crippen LogP contribution in [0, 0.1) is 11.8 Å². The Morgan fingerprint density at radius 3 is 2.57 bits per heavy atom. The molecule has 1 N–H and O–H groups in total. The molecule has 0 amide bonds. The van der Waals surface area contributed by atoms with Crippen molar-refractivity contribution in [2.75, 3.05) is 7.11 Å². The molecule has 0 unspecified atom stereocenters. The van der Waals surface area contributed by atoms with Crippen LogP contribution in [0.25, 0.3) is 0 Å². The van der Waals surface area contributed by atoms with Gasteiger partial charge in [0.15, 0.2) is 0 Å². The highest BCUT2D eigenvalue weighted by Gasteiger charge is 2.20. The van der Waals surface area contributed by atoms with Gasteiger partial charge in [0.1, 0.15) is 0 Å². The molecule has 3 heteroatoms. The van der Waals surface area contributed by atoms with Crippen LogP contribution in [0.15, 0.2) is 12.7 Å². The minimum absolute atomic E-state index is 0.0853. The first-order chi connectivity index (χ1) is 6.52. The monoisotopic (exact) mass is 200 g/mol. The molecule has 0 heterocycles. The first kappa shape index (κ1) is 13.2. The van der Waals surface area contributed by atoms with Crippen LogP contribution in [0.2, 0.25) is 0 Å². The second kappa shape index (κ2) is 6.60. The number of aliphatic hydroxyl groups excluding tert-OH is 1. The van der Waals surface area contributed by atoms with E-state index in [9.17, 15) is 9.90 Å². The van der Waals surface area contributed by atoms with Gasteiger partial charge in [0.25, 0.3) is 0 Å². The highest BCUT2D eigenvalue weighted by Crippen LogP contribution is 2.18. The first-order valence-corrected chi connectivity index (χ1v) is 4.89. The highest BCUT2D eigenvalue weighted by molar-refractivity contribution is 5.71. The third kappa shape index (κ3) is 4.42. The highest BCUT2D eigenvalue weighted by atomic mass is 16.5. The van der Waals surface area contributed by atoms with Crippen LogP contribution >= 0.6 is 0 Å². The number of carbonyl (C=O) groups is 1. The van der Waals surface area contributed by atoms with Crippen LogP contribution in [0.4, 0.5) is 0 Å². The molecular weight excluding hydrogens is 180 g/mol. The Labute approximate surface area is 85.8 Å². The standard InChI is InChI=1S/C11H20O3/c1-5-6-10(12)8(2)7-9(3)11(13)14-4/h5,8-10,12H,1,6-7H2,2-4H3/t8-,9-,10-/m0/s1. The maximum atomic E-state index is 11.1. The maximum absolute atomic E-state index is 11.1. The Kier molecular flexibility index (Phi) is 6.21. The molecule has 0 saturated carbocycles. The van der Waals surface area contributed by atoms with Crippen molar-refractivity contribution in [3.8, 4) is 0 Å². The Balaban J connectivity index is 3.97. The second-order valence-corrected chi connectivity index (χ2v) is 3.73. The quantitative estimate of drug-likeness (QED) is 0.525. The molecule has 0 bridgehead atoms. The van der Waals surface area contributed by atoms with Gasteiger partial charge in [-0.2, -0.15) is 0 Å². The molecule has 3 atom stereocenters. The molecule has 0 aliphatic carbocycles. The molecule has 0 aromatic heterocycles. The predicted octanol–water partition coefficient (Wildman–Crippen LogP) is 1.76. The molecule has 0 radical (unpaired) electrons. The average Bonchev–Trinajstić information content (AvgIpc) is 2.16. The van der Waals surface area contributed by atoms with Crippen molar-refractivity contribution in [1.29, 1.82) is 0 Å². The van der Waals surface area contributed by atoms with E-state index in [1.807, 2.05) is 13.8 Å². The number of ether oxygens (including phenoxy) is 1. The van der Waals surface area contributed by atoms with Crippen LogP contribution in [-0.4, -0.2) is 24.3 Å². The zero-order valence-corrected chi connectivity index (χ0v) is 9.19. The lowest BCUT2D eigenvalue weighted by molar-refractivity contribution is -0.145. The summed E-state index contributed by atoms with van der Waals surface area (Å²) in [5, 5.41) is 9.60. The van der Waals surface area contributed by atoms with E-state index < -0.39 is 6.10 Å². The molecule has 14 heavy (non-hydrogen) atoms. The smallest absolute Gasteiger partial charge is 0.308 e. The van der Waals surface area contributed by atoms with Gasteiger partial charge in [0.2, 0.25) is 0 Å². The zero-order chi connectivity index (χ0) is 11.1. The van der Waals surface area contributed by atoms with Gasteiger partial charge in [-0.05, 0) is 18.8 Å². The fourth-order valence-electron chi connectivity index (χ4n) is 1.42. The number of aliphatic hydroxyl groups is 1. The van der Waals surface area contributed by atoms with Crippen LogP contribution in [0.3, 0.4) is 0 Å². The van der Waals surface area contributed by atoms with E-state index in [0.717, 1.165) is 0 Å². The average molecular weight is 200 g/mol. The van der Waals surface area contributed by atoms with E-state index in [1.165, 1.54) is 7.11 Å². The second-order valence-electron chi connectivity index (χ2n) is 3.73. The normalized spacial score (nSPS) is 16.9. The number of rotatable bonds is 6. The van der Waals surface area contributed by atoms with E-state index in [2.05, 4.69) is 11.3 Å². The number of hydrogen-bond donors (Lipinski definition) is 1. The Morgan fingerprint density at radius 1 is 1.57 bits per heavy atom. The summed E-state index contributed by atoms with van der Waals surface area (Å²) in [6.45, 7) is 7.29. The Hall–Kier alpha value is -0.830. The number of carbonyl (C=O) groups excluding carboxylic acids is 1. The van der Waals surface area contributed by atoms with Gasteiger partial charge >= 0.3 is 5.97 Å². The van der Waals surface area contributed by atoms with Gasteiger partial charge in [-0.1, -0.05) is 19.9 Å². The summed E-state index contributed by atoms with van der Waals surface area (Å²) in [6.07, 6.45) is 2.47. The van der Waals surface area contributed by atoms with Crippen molar-refractivity contribution in [2.45, 2.75) is 32.8 Å². The molecule has 0 aliphatic rings. The van der Waals surface area contributed by atoms with Crippen molar-refractivity contribution < 1.29 is 14.6 Å². The van der Waals surface area contributed by atoms with E-state index in [4.69, 9.17) is 0 Å². The SMILES string of the molecule is C=CC[C@H](O)[C@@H](C)C[C@H](C)C(=O)OC. The summed E-state index contributed by atoms with van der Waals surface area (Å²) in [4.78, 5) is 11.1. The van der Waals surface area contributed by atoms with Crippen LogP contribution in [0.5, 0.6) is 0 Å². The lowest BCUT2D eigenvalue weighted by Gasteiger charge is -2.19. The number of methoxy groups -OCH3 is 1. The topological polar surface area (TPSA) is 46.5 Å². The summed E-state index contributed by atoms with van der Waals surface area (Å²) in [5.74, 6) is -0.292.